The Balaban J connectivity index is 1.66. The van der Waals surface area contributed by atoms with Crippen molar-refractivity contribution in [3.05, 3.63) is 99.0 Å². The van der Waals surface area contributed by atoms with Crippen LogP contribution in [0.25, 0.3) is 0 Å². The summed E-state index contributed by atoms with van der Waals surface area (Å²) in [4.78, 5) is 29.1. The third-order valence-corrected chi connectivity index (χ3v) is 7.63. The quantitative estimate of drug-likeness (QED) is 0.305. The molecule has 200 valence electrons. The molecule has 0 radical (unpaired) electrons. The molecule has 0 aromatic heterocycles. The fourth-order valence-corrected chi connectivity index (χ4v) is 5.54. The second-order valence-corrected chi connectivity index (χ2v) is 10.8. The summed E-state index contributed by atoms with van der Waals surface area (Å²) < 4.78 is 5.93. The first-order valence-corrected chi connectivity index (χ1v) is 13.8. The minimum atomic E-state index is -0.763. The number of rotatable bonds is 10. The van der Waals surface area contributed by atoms with E-state index in [0.717, 1.165) is 42.4 Å². The van der Waals surface area contributed by atoms with Crippen molar-refractivity contribution in [2.75, 3.05) is 6.61 Å². The molecule has 0 bridgehead atoms. The maximum atomic E-state index is 13.8. The molecule has 7 heteroatoms. The monoisotopic (exact) mass is 552 g/mol. The molecule has 0 heterocycles. The molecule has 1 fully saturated rings. The molecule has 5 nitrogen and oxygen atoms in total. The number of benzene rings is 3. The third kappa shape index (κ3) is 7.52. The predicted molar refractivity (Wildman–Crippen MR) is 153 cm³/mol. The number of hydrogen-bond acceptors (Lipinski definition) is 3. The summed E-state index contributed by atoms with van der Waals surface area (Å²) in [7, 11) is 0. The maximum absolute atomic E-state index is 13.8. The summed E-state index contributed by atoms with van der Waals surface area (Å²) in [5.74, 6) is 0.118. The molecule has 0 spiro atoms. The minimum absolute atomic E-state index is 0.0864. The van der Waals surface area contributed by atoms with Crippen LogP contribution < -0.4 is 10.1 Å². The van der Waals surface area contributed by atoms with Crippen LogP contribution in [-0.2, 0) is 22.6 Å². The lowest BCUT2D eigenvalue weighted by Crippen LogP contribution is -2.53. The zero-order valence-corrected chi connectivity index (χ0v) is 23.4. The zero-order chi connectivity index (χ0) is 27.1. The summed E-state index contributed by atoms with van der Waals surface area (Å²) in [6.07, 6.45) is 4.44. The van der Waals surface area contributed by atoms with Crippen molar-refractivity contribution in [2.45, 2.75) is 64.6 Å². The number of carbonyl (C=O) groups excluding carboxylic acids is 2. The van der Waals surface area contributed by atoms with Gasteiger partial charge in [-0.1, -0.05) is 78.5 Å². The Hall–Kier alpha value is -3.02. The van der Waals surface area contributed by atoms with Crippen LogP contribution in [0.15, 0.2) is 66.7 Å². The fourth-order valence-electron chi connectivity index (χ4n) is 5.02. The lowest BCUT2D eigenvalue weighted by atomic mass is 10.0. The molecule has 1 aliphatic rings. The average Bonchev–Trinajstić information content (AvgIpc) is 3.39. The molecular weight excluding hydrogens is 519 g/mol. The molecule has 1 saturated carbocycles. The highest BCUT2D eigenvalue weighted by Gasteiger charge is 2.33. The van der Waals surface area contributed by atoms with E-state index >= 15 is 0 Å². The average molecular weight is 554 g/mol. The van der Waals surface area contributed by atoms with Crippen LogP contribution in [0.4, 0.5) is 0 Å². The van der Waals surface area contributed by atoms with Gasteiger partial charge >= 0.3 is 0 Å². The van der Waals surface area contributed by atoms with E-state index in [9.17, 15) is 9.59 Å². The molecule has 2 amide bonds. The smallest absolute Gasteiger partial charge is 0.261 e. The van der Waals surface area contributed by atoms with Gasteiger partial charge in [-0.15, -0.1) is 0 Å². The number of nitrogens with zero attached hydrogens (tertiary/aromatic N) is 1. The summed E-state index contributed by atoms with van der Waals surface area (Å²) in [6.45, 7) is 3.84. The molecule has 0 aliphatic heterocycles. The molecule has 1 unspecified atom stereocenters. The fraction of sp³-hybridized carbons (Fsp3) is 0.355. The molecule has 0 saturated heterocycles. The Morgan fingerprint density at radius 1 is 0.947 bits per heavy atom. The van der Waals surface area contributed by atoms with Crippen LogP contribution in [-0.4, -0.2) is 35.4 Å². The van der Waals surface area contributed by atoms with Gasteiger partial charge in [0.25, 0.3) is 5.91 Å². The van der Waals surface area contributed by atoms with Gasteiger partial charge in [-0.2, -0.15) is 0 Å². The van der Waals surface area contributed by atoms with E-state index in [1.807, 2.05) is 62.4 Å². The van der Waals surface area contributed by atoms with Gasteiger partial charge in [-0.05, 0) is 67.6 Å². The number of halogens is 2. The van der Waals surface area contributed by atoms with Crippen LogP contribution in [0.2, 0.25) is 10.0 Å². The third-order valence-electron chi connectivity index (χ3n) is 6.92. The molecule has 38 heavy (non-hydrogen) atoms. The van der Waals surface area contributed by atoms with Crippen LogP contribution in [0.5, 0.6) is 5.75 Å². The first-order valence-electron chi connectivity index (χ1n) is 13.1. The topological polar surface area (TPSA) is 58.6 Å². The van der Waals surface area contributed by atoms with Crippen LogP contribution in [0, 0.1) is 13.8 Å². The van der Waals surface area contributed by atoms with Crippen molar-refractivity contribution in [2.24, 2.45) is 0 Å². The molecule has 3 aromatic rings. The van der Waals surface area contributed by atoms with E-state index in [4.69, 9.17) is 27.9 Å². The second kappa shape index (κ2) is 13.2. The number of nitrogens with one attached hydrogen (secondary N) is 1. The Morgan fingerprint density at radius 3 is 2.21 bits per heavy atom. The van der Waals surface area contributed by atoms with E-state index in [2.05, 4.69) is 5.32 Å². The first-order chi connectivity index (χ1) is 18.3. The van der Waals surface area contributed by atoms with Gasteiger partial charge in [0.15, 0.2) is 6.61 Å². The minimum Gasteiger partial charge on any atom is -0.484 e. The number of amides is 2. The van der Waals surface area contributed by atoms with Crippen LogP contribution in [0.3, 0.4) is 0 Å². The summed E-state index contributed by atoms with van der Waals surface area (Å²) in [6, 6.07) is 20.2. The molecular formula is C31H34Cl2N2O3. The lowest BCUT2D eigenvalue weighted by Gasteiger charge is -2.32. The maximum Gasteiger partial charge on any atom is 0.261 e. The van der Waals surface area contributed by atoms with Crippen molar-refractivity contribution in [1.29, 1.82) is 0 Å². The highest BCUT2D eigenvalue weighted by atomic mass is 35.5. The lowest BCUT2D eigenvalue weighted by molar-refractivity contribution is -0.143. The zero-order valence-electron chi connectivity index (χ0n) is 21.9. The Kier molecular flexibility index (Phi) is 9.70. The van der Waals surface area contributed by atoms with Crippen molar-refractivity contribution >= 4 is 35.0 Å². The standard InChI is InChI=1S/C31H34Cl2N2O3/c1-21-15-22(2)17-25(16-21)38-20-30(36)35(19-26-27(32)13-8-14-28(26)33)29(18-23-9-4-3-5-10-23)31(37)34-24-11-6-7-12-24/h3-5,8-10,13-17,24,29H,6-7,11-12,18-20H2,1-2H3,(H,34,37). The van der Waals surface area contributed by atoms with Gasteiger partial charge in [0.1, 0.15) is 11.8 Å². The van der Waals surface area contributed by atoms with Crippen LogP contribution >= 0.6 is 23.2 Å². The number of hydrogen-bond donors (Lipinski definition) is 1. The van der Waals surface area contributed by atoms with Gasteiger partial charge in [0.05, 0.1) is 0 Å². The SMILES string of the molecule is Cc1cc(C)cc(OCC(=O)N(Cc2c(Cl)cccc2Cl)C(Cc2ccccc2)C(=O)NC2CCCC2)c1. The van der Waals surface area contributed by atoms with Crippen molar-refractivity contribution in [1.82, 2.24) is 10.2 Å². The van der Waals surface area contributed by atoms with Gasteiger partial charge in [0, 0.05) is 34.6 Å². The Labute approximate surface area is 235 Å². The van der Waals surface area contributed by atoms with Crippen molar-refractivity contribution in [3.63, 3.8) is 0 Å². The highest BCUT2D eigenvalue weighted by Crippen LogP contribution is 2.28. The van der Waals surface area contributed by atoms with Gasteiger partial charge < -0.3 is 15.0 Å². The van der Waals surface area contributed by atoms with E-state index in [-0.39, 0.29) is 31.0 Å². The molecule has 3 aromatic carbocycles. The first kappa shape index (κ1) is 28.0. The van der Waals surface area contributed by atoms with E-state index < -0.39 is 6.04 Å². The number of ether oxygens (including phenoxy) is 1. The summed E-state index contributed by atoms with van der Waals surface area (Å²) in [5.41, 5.74) is 3.65. The summed E-state index contributed by atoms with van der Waals surface area (Å²) in [5, 5.41) is 4.09. The summed E-state index contributed by atoms with van der Waals surface area (Å²) >= 11 is 13.0. The van der Waals surface area contributed by atoms with Crippen LogP contribution in [0.1, 0.15) is 47.9 Å². The van der Waals surface area contributed by atoms with Gasteiger partial charge in [-0.25, -0.2) is 0 Å². The number of aryl methyl sites for hydroxylation is 2. The van der Waals surface area contributed by atoms with Gasteiger partial charge in [-0.3, -0.25) is 9.59 Å². The van der Waals surface area contributed by atoms with E-state index in [0.29, 0.717) is 27.8 Å². The molecule has 1 aliphatic carbocycles. The Bertz CT molecular complexity index is 1220. The Morgan fingerprint density at radius 2 is 1.58 bits per heavy atom. The van der Waals surface area contributed by atoms with Crippen molar-refractivity contribution < 1.29 is 14.3 Å². The molecule has 1 N–H and O–H groups in total. The largest absolute Gasteiger partial charge is 0.484 e. The van der Waals surface area contributed by atoms with E-state index in [1.54, 1.807) is 23.1 Å². The molecule has 1 atom stereocenters. The highest BCUT2D eigenvalue weighted by molar-refractivity contribution is 6.36. The molecule has 4 rings (SSSR count). The van der Waals surface area contributed by atoms with Gasteiger partial charge in [0.2, 0.25) is 5.91 Å². The predicted octanol–water partition coefficient (Wildman–Crippen LogP) is 6.69. The van der Waals surface area contributed by atoms with Crippen molar-refractivity contribution in [3.8, 4) is 5.75 Å². The number of carbonyl (C=O) groups is 2. The normalized spacial score (nSPS) is 14.2. The van der Waals surface area contributed by atoms with E-state index in [1.165, 1.54) is 0 Å². The second-order valence-electron chi connectivity index (χ2n) is 10.0.